The third-order valence-corrected chi connectivity index (χ3v) is 5.45. The fourth-order valence-corrected chi connectivity index (χ4v) is 3.82. The van der Waals surface area contributed by atoms with E-state index >= 15 is 0 Å². The summed E-state index contributed by atoms with van der Waals surface area (Å²) in [6.07, 6.45) is 0. The van der Waals surface area contributed by atoms with Crippen molar-refractivity contribution < 1.29 is 19.4 Å². The number of carboxylic acid groups (broad SMARTS) is 1. The molecule has 0 saturated heterocycles. The molecule has 0 aliphatic heterocycles. The number of carbonyl (C=O) groups excluding carboxylic acids is 1. The third kappa shape index (κ3) is 4.49. The fourth-order valence-electron chi connectivity index (χ4n) is 2.96. The zero-order valence-corrected chi connectivity index (χ0v) is 17.3. The zero-order valence-electron chi connectivity index (χ0n) is 16.5. The Balaban J connectivity index is 1.92. The predicted octanol–water partition coefficient (Wildman–Crippen LogP) is 3.64. The van der Waals surface area contributed by atoms with Gasteiger partial charge in [-0.05, 0) is 30.7 Å². The van der Waals surface area contributed by atoms with E-state index in [4.69, 9.17) is 15.9 Å². The minimum Gasteiger partial charge on any atom is -0.479 e. The molecule has 0 unspecified atom stereocenters. The maximum Gasteiger partial charge on any atom is 0.336 e. The summed E-state index contributed by atoms with van der Waals surface area (Å²) in [5, 5.41) is 20.2. The lowest BCUT2D eigenvalue weighted by atomic mass is 9.98. The molecule has 30 heavy (non-hydrogen) atoms. The van der Waals surface area contributed by atoms with Gasteiger partial charge in [0, 0.05) is 34.2 Å². The first-order chi connectivity index (χ1) is 14.3. The number of nitrogens with two attached hydrogens (primary N) is 1. The molecule has 0 spiro atoms. The van der Waals surface area contributed by atoms with Gasteiger partial charge in [0.15, 0.2) is 5.06 Å². The molecule has 154 valence electrons. The molecule has 0 bridgehead atoms. The summed E-state index contributed by atoms with van der Waals surface area (Å²) in [7, 11) is 1.49. The van der Waals surface area contributed by atoms with Crippen molar-refractivity contribution in [3.05, 3.63) is 75.7 Å². The molecule has 1 aromatic heterocycles. The SMILES string of the molecule is CNC(=O)c1ccc(-c2cc(C)sc2OCc2ccc(C(=N)N)cc2)c(C(=O)O)c1. The smallest absolute Gasteiger partial charge is 0.336 e. The van der Waals surface area contributed by atoms with Gasteiger partial charge in [0.25, 0.3) is 5.91 Å². The van der Waals surface area contributed by atoms with Crippen molar-refractivity contribution in [2.24, 2.45) is 5.73 Å². The Bertz CT molecular complexity index is 1120. The van der Waals surface area contributed by atoms with Gasteiger partial charge in [0.1, 0.15) is 12.4 Å². The van der Waals surface area contributed by atoms with Crippen LogP contribution in [-0.4, -0.2) is 29.9 Å². The second-order valence-electron chi connectivity index (χ2n) is 6.60. The van der Waals surface area contributed by atoms with Crippen LogP contribution in [0.15, 0.2) is 48.5 Å². The molecule has 0 fully saturated rings. The van der Waals surface area contributed by atoms with Crippen LogP contribution in [0.1, 0.15) is 36.7 Å². The summed E-state index contributed by atoms with van der Waals surface area (Å²) in [6, 6.07) is 13.6. The highest BCUT2D eigenvalue weighted by atomic mass is 32.1. The Labute approximate surface area is 177 Å². The maximum atomic E-state index is 11.9. The average Bonchev–Trinajstić information content (AvgIpc) is 3.11. The first-order valence-electron chi connectivity index (χ1n) is 9.06. The zero-order chi connectivity index (χ0) is 21.8. The lowest BCUT2D eigenvalue weighted by Crippen LogP contribution is -2.18. The minimum atomic E-state index is -1.12. The molecule has 0 aliphatic carbocycles. The highest BCUT2D eigenvalue weighted by Gasteiger charge is 2.20. The molecule has 2 aromatic carbocycles. The summed E-state index contributed by atoms with van der Waals surface area (Å²) >= 11 is 1.42. The molecule has 0 saturated carbocycles. The van der Waals surface area contributed by atoms with E-state index in [1.54, 1.807) is 24.3 Å². The van der Waals surface area contributed by atoms with Crippen molar-refractivity contribution >= 4 is 29.0 Å². The van der Waals surface area contributed by atoms with Crippen molar-refractivity contribution in [1.29, 1.82) is 5.41 Å². The van der Waals surface area contributed by atoms with Gasteiger partial charge >= 0.3 is 5.97 Å². The Morgan fingerprint density at radius 3 is 2.37 bits per heavy atom. The van der Waals surface area contributed by atoms with Crippen molar-refractivity contribution in [1.82, 2.24) is 5.32 Å². The Morgan fingerprint density at radius 1 is 1.10 bits per heavy atom. The number of benzene rings is 2. The summed E-state index contributed by atoms with van der Waals surface area (Å²) in [5.74, 6) is -1.47. The van der Waals surface area contributed by atoms with Crippen LogP contribution in [0.3, 0.4) is 0 Å². The van der Waals surface area contributed by atoms with Gasteiger partial charge in [-0.25, -0.2) is 4.79 Å². The summed E-state index contributed by atoms with van der Waals surface area (Å²) < 4.78 is 5.99. The largest absolute Gasteiger partial charge is 0.479 e. The Hall–Kier alpha value is -3.65. The van der Waals surface area contributed by atoms with Gasteiger partial charge in [-0.3, -0.25) is 10.2 Å². The van der Waals surface area contributed by atoms with Crippen molar-refractivity contribution in [2.75, 3.05) is 7.05 Å². The predicted molar refractivity (Wildman–Crippen MR) is 117 cm³/mol. The number of thiophene rings is 1. The van der Waals surface area contributed by atoms with Crippen LogP contribution in [0, 0.1) is 12.3 Å². The van der Waals surface area contributed by atoms with Crippen LogP contribution in [0.25, 0.3) is 11.1 Å². The van der Waals surface area contributed by atoms with Crippen LogP contribution >= 0.6 is 11.3 Å². The minimum absolute atomic E-state index is 0.0000350. The monoisotopic (exact) mass is 423 g/mol. The second-order valence-corrected chi connectivity index (χ2v) is 7.82. The van der Waals surface area contributed by atoms with Gasteiger partial charge in [0.05, 0.1) is 5.56 Å². The van der Waals surface area contributed by atoms with Gasteiger partial charge in [-0.1, -0.05) is 30.3 Å². The quantitative estimate of drug-likeness (QED) is 0.341. The van der Waals surface area contributed by atoms with Crippen molar-refractivity contribution in [2.45, 2.75) is 13.5 Å². The van der Waals surface area contributed by atoms with E-state index in [1.807, 2.05) is 25.1 Å². The second kappa shape index (κ2) is 8.79. The first-order valence-corrected chi connectivity index (χ1v) is 9.88. The molecular formula is C22H21N3O4S. The number of carboxylic acids is 1. The van der Waals surface area contributed by atoms with E-state index in [0.29, 0.717) is 21.8 Å². The Morgan fingerprint density at radius 2 is 1.77 bits per heavy atom. The highest BCUT2D eigenvalue weighted by Crippen LogP contribution is 2.40. The molecule has 1 amide bonds. The van der Waals surface area contributed by atoms with Gasteiger partial charge < -0.3 is 20.9 Å². The maximum absolute atomic E-state index is 11.9. The number of amides is 1. The van der Waals surface area contributed by atoms with E-state index in [0.717, 1.165) is 10.4 Å². The summed E-state index contributed by atoms with van der Waals surface area (Å²) in [6.45, 7) is 2.20. The number of ether oxygens (including phenoxy) is 1. The molecule has 5 N–H and O–H groups in total. The van der Waals surface area contributed by atoms with Crippen LogP contribution in [0.4, 0.5) is 0 Å². The normalized spacial score (nSPS) is 10.5. The molecule has 3 aromatic rings. The molecular weight excluding hydrogens is 402 g/mol. The number of rotatable bonds is 7. The molecule has 3 rings (SSSR count). The van der Waals surface area contributed by atoms with E-state index in [-0.39, 0.29) is 29.5 Å². The van der Waals surface area contributed by atoms with Crippen LogP contribution in [0.2, 0.25) is 0 Å². The van der Waals surface area contributed by atoms with Crippen LogP contribution in [-0.2, 0) is 6.61 Å². The lowest BCUT2D eigenvalue weighted by Gasteiger charge is -2.11. The fraction of sp³-hybridized carbons (Fsp3) is 0.136. The Kier molecular flexibility index (Phi) is 6.17. The lowest BCUT2D eigenvalue weighted by molar-refractivity contribution is 0.0697. The van der Waals surface area contributed by atoms with Gasteiger partial charge in [-0.2, -0.15) is 0 Å². The van der Waals surface area contributed by atoms with Gasteiger partial charge in [0.2, 0.25) is 0 Å². The molecule has 1 heterocycles. The molecule has 8 heteroatoms. The molecule has 0 aliphatic rings. The molecule has 0 radical (unpaired) electrons. The van der Waals surface area contributed by atoms with Crippen molar-refractivity contribution in [3.63, 3.8) is 0 Å². The van der Waals surface area contributed by atoms with E-state index in [9.17, 15) is 14.7 Å². The number of hydrogen-bond acceptors (Lipinski definition) is 5. The van der Waals surface area contributed by atoms with Gasteiger partial charge in [-0.15, -0.1) is 11.3 Å². The van der Waals surface area contributed by atoms with E-state index in [1.165, 1.54) is 24.5 Å². The van der Waals surface area contributed by atoms with E-state index < -0.39 is 5.97 Å². The van der Waals surface area contributed by atoms with Crippen LogP contribution in [0.5, 0.6) is 5.06 Å². The number of nitrogen functional groups attached to an aromatic ring is 1. The van der Waals surface area contributed by atoms with E-state index in [2.05, 4.69) is 5.32 Å². The standard InChI is InChI=1S/C22H21N3O4S/c1-12-9-18(16-8-7-15(20(26)25-2)10-17(16)21(27)28)22(30-12)29-11-13-3-5-14(6-4-13)19(23)24/h3-10H,11H2,1-2H3,(H3,23,24)(H,25,26)(H,27,28). The topological polar surface area (TPSA) is 126 Å². The number of hydrogen-bond donors (Lipinski definition) is 4. The number of nitrogens with one attached hydrogen (secondary N) is 2. The average molecular weight is 423 g/mol. The first kappa shape index (κ1) is 21.1. The number of amidine groups is 1. The number of aryl methyl sites for hydroxylation is 1. The summed E-state index contributed by atoms with van der Waals surface area (Å²) in [5.41, 5.74) is 8.46. The molecule has 0 atom stereocenters. The highest BCUT2D eigenvalue weighted by molar-refractivity contribution is 7.14. The number of carbonyl (C=O) groups is 2. The molecule has 7 nitrogen and oxygen atoms in total. The van der Waals surface area contributed by atoms with Crippen LogP contribution < -0.4 is 15.8 Å². The van der Waals surface area contributed by atoms with Crippen molar-refractivity contribution in [3.8, 4) is 16.2 Å². The third-order valence-electron chi connectivity index (χ3n) is 4.49. The summed E-state index contributed by atoms with van der Waals surface area (Å²) in [4.78, 5) is 24.7. The number of aromatic carboxylic acids is 1.